The van der Waals surface area contributed by atoms with Crippen molar-refractivity contribution in [2.24, 2.45) is 5.10 Å². The van der Waals surface area contributed by atoms with Gasteiger partial charge >= 0.3 is 0 Å². The van der Waals surface area contributed by atoms with E-state index in [1.165, 1.54) is 12.1 Å². The summed E-state index contributed by atoms with van der Waals surface area (Å²) in [6, 6.07) is 12.9. The largest absolute Gasteiger partial charge is 0.274 e. The Balaban J connectivity index is 1.39. The Morgan fingerprint density at radius 3 is 2.10 bits per heavy atom. The van der Waals surface area contributed by atoms with Crippen molar-refractivity contribution < 1.29 is 22.8 Å². The maximum atomic E-state index is 12.6. The van der Waals surface area contributed by atoms with Crippen LogP contribution in [0.2, 0.25) is 0 Å². The van der Waals surface area contributed by atoms with Crippen LogP contribution in [-0.4, -0.2) is 49.0 Å². The number of fused-ring (bicyclic) bond motifs is 1. The van der Waals surface area contributed by atoms with Crippen molar-refractivity contribution in [3.05, 3.63) is 65.2 Å². The van der Waals surface area contributed by atoms with Crippen LogP contribution in [0.5, 0.6) is 0 Å². The molecule has 30 heavy (non-hydrogen) atoms. The second-order valence-electron chi connectivity index (χ2n) is 7.10. The first-order chi connectivity index (χ1) is 14.4. The summed E-state index contributed by atoms with van der Waals surface area (Å²) in [5.41, 5.74) is 4.56. The monoisotopic (exact) mass is 425 g/mol. The zero-order valence-electron chi connectivity index (χ0n) is 16.0. The first-order valence-electron chi connectivity index (χ1n) is 9.50. The van der Waals surface area contributed by atoms with Gasteiger partial charge in [0.05, 0.1) is 27.5 Å². The minimum atomic E-state index is -3.57. The molecule has 3 amide bonds. The Morgan fingerprint density at radius 2 is 1.53 bits per heavy atom. The minimum absolute atomic E-state index is 0.0418. The van der Waals surface area contributed by atoms with Crippen LogP contribution in [0.25, 0.3) is 0 Å². The Hall–Kier alpha value is -3.33. The number of imide groups is 1. The average Bonchev–Trinajstić information content (AvgIpc) is 2.99. The highest BCUT2D eigenvalue weighted by Gasteiger charge is 2.34. The maximum absolute atomic E-state index is 12.6. The van der Waals surface area contributed by atoms with Gasteiger partial charge in [-0.2, -0.15) is 5.10 Å². The topological polar surface area (TPSA) is 113 Å². The summed E-state index contributed by atoms with van der Waals surface area (Å²) in [7, 11) is -3.57. The van der Waals surface area contributed by atoms with Crippen LogP contribution in [0.15, 0.2) is 58.5 Å². The lowest BCUT2D eigenvalue weighted by Gasteiger charge is -2.14. The second kappa shape index (κ2) is 7.83. The van der Waals surface area contributed by atoms with Crippen molar-refractivity contribution in [3.63, 3.8) is 0 Å². The molecule has 2 aromatic rings. The van der Waals surface area contributed by atoms with Gasteiger partial charge in [-0.05, 0) is 36.2 Å². The standard InChI is InChI=1S/C21H19N3O5S/c25-19-11-10-18(22-23-19)14-6-8-15(9-7-14)30(28,29)13-3-12-24-20(26)16-4-1-2-5-17(16)21(24)27/h1-2,4-9H,3,10-13H2,(H,23,25). The normalized spacial score (nSPS) is 16.3. The molecule has 2 aromatic carbocycles. The first-order valence-corrected chi connectivity index (χ1v) is 11.2. The van der Waals surface area contributed by atoms with Crippen molar-refractivity contribution in [2.75, 3.05) is 12.3 Å². The summed E-state index contributed by atoms with van der Waals surface area (Å²) in [4.78, 5) is 37.2. The second-order valence-corrected chi connectivity index (χ2v) is 9.21. The average molecular weight is 425 g/mol. The molecule has 0 bridgehead atoms. The maximum Gasteiger partial charge on any atom is 0.261 e. The van der Waals surface area contributed by atoms with E-state index in [1.54, 1.807) is 36.4 Å². The molecule has 0 radical (unpaired) electrons. The number of carbonyl (C=O) groups excluding carboxylic acids is 3. The third kappa shape index (κ3) is 3.76. The lowest BCUT2D eigenvalue weighted by atomic mass is 10.0. The van der Waals surface area contributed by atoms with E-state index < -0.39 is 21.7 Å². The molecule has 2 aliphatic heterocycles. The zero-order valence-corrected chi connectivity index (χ0v) is 16.8. The number of nitrogens with zero attached hydrogens (tertiary/aromatic N) is 2. The van der Waals surface area contributed by atoms with Crippen LogP contribution in [0.1, 0.15) is 45.5 Å². The van der Waals surface area contributed by atoms with Gasteiger partial charge in [0.25, 0.3) is 11.8 Å². The number of rotatable bonds is 6. The molecular weight excluding hydrogens is 406 g/mol. The molecule has 2 aliphatic rings. The molecule has 0 aliphatic carbocycles. The molecule has 0 saturated carbocycles. The van der Waals surface area contributed by atoms with Crippen molar-refractivity contribution in [1.29, 1.82) is 0 Å². The highest BCUT2D eigenvalue weighted by atomic mass is 32.2. The van der Waals surface area contributed by atoms with Crippen molar-refractivity contribution in [2.45, 2.75) is 24.2 Å². The van der Waals surface area contributed by atoms with Crippen LogP contribution in [0.4, 0.5) is 0 Å². The first kappa shape index (κ1) is 20.0. The number of hydrogen-bond donors (Lipinski definition) is 1. The van der Waals surface area contributed by atoms with E-state index in [-0.39, 0.29) is 29.5 Å². The van der Waals surface area contributed by atoms with Gasteiger partial charge in [-0.25, -0.2) is 13.8 Å². The molecule has 0 unspecified atom stereocenters. The summed E-state index contributed by atoms with van der Waals surface area (Å²) in [5, 5.41) is 4.00. The Labute approximate surface area is 173 Å². The summed E-state index contributed by atoms with van der Waals surface area (Å²) in [6.45, 7) is 0.0418. The molecule has 0 saturated heterocycles. The molecule has 2 heterocycles. The smallest absolute Gasteiger partial charge is 0.261 e. The summed E-state index contributed by atoms with van der Waals surface area (Å²) < 4.78 is 25.3. The number of hydrogen-bond acceptors (Lipinski definition) is 6. The zero-order chi connectivity index (χ0) is 21.3. The van der Waals surface area contributed by atoms with Gasteiger partial charge in [0.1, 0.15) is 0 Å². The number of benzene rings is 2. The molecule has 0 spiro atoms. The molecule has 4 rings (SSSR count). The SMILES string of the molecule is O=C1CCC(c2ccc(S(=O)(=O)CCCN3C(=O)c4ccccc4C3=O)cc2)=NN1. The van der Waals surface area contributed by atoms with Crippen molar-refractivity contribution in [1.82, 2.24) is 10.3 Å². The van der Waals surface area contributed by atoms with Gasteiger partial charge in [0.15, 0.2) is 9.84 Å². The third-order valence-electron chi connectivity index (χ3n) is 5.12. The highest BCUT2D eigenvalue weighted by molar-refractivity contribution is 7.91. The van der Waals surface area contributed by atoms with E-state index >= 15 is 0 Å². The van der Waals surface area contributed by atoms with Gasteiger partial charge in [0.2, 0.25) is 5.91 Å². The number of sulfone groups is 1. The van der Waals surface area contributed by atoms with Gasteiger partial charge in [-0.3, -0.25) is 19.3 Å². The highest BCUT2D eigenvalue weighted by Crippen LogP contribution is 2.23. The summed E-state index contributed by atoms with van der Waals surface area (Å²) >= 11 is 0. The Morgan fingerprint density at radius 1 is 0.900 bits per heavy atom. The van der Waals surface area contributed by atoms with E-state index in [0.717, 1.165) is 10.5 Å². The minimum Gasteiger partial charge on any atom is -0.274 e. The molecule has 0 aromatic heterocycles. The van der Waals surface area contributed by atoms with Crippen molar-refractivity contribution >= 4 is 33.3 Å². The fraction of sp³-hybridized carbons (Fsp3) is 0.238. The fourth-order valence-corrected chi connectivity index (χ4v) is 4.81. The molecule has 1 N–H and O–H groups in total. The Bertz CT molecular complexity index is 1130. The van der Waals surface area contributed by atoms with E-state index in [0.29, 0.717) is 29.7 Å². The number of hydrazone groups is 1. The lowest BCUT2D eigenvalue weighted by Crippen LogP contribution is -2.31. The van der Waals surface area contributed by atoms with E-state index in [4.69, 9.17) is 0 Å². The molecule has 9 heteroatoms. The van der Waals surface area contributed by atoms with Crippen LogP contribution < -0.4 is 5.43 Å². The molecular formula is C21H19N3O5S. The summed E-state index contributed by atoms with van der Waals surface area (Å²) in [6.07, 6.45) is 0.989. The molecule has 0 atom stereocenters. The third-order valence-corrected chi connectivity index (χ3v) is 6.94. The van der Waals surface area contributed by atoms with Crippen LogP contribution in [0.3, 0.4) is 0 Å². The quantitative estimate of drug-likeness (QED) is 0.709. The predicted octanol–water partition coefficient (Wildman–Crippen LogP) is 1.76. The molecule has 154 valence electrons. The van der Waals surface area contributed by atoms with Gasteiger partial charge in [-0.1, -0.05) is 24.3 Å². The van der Waals surface area contributed by atoms with Gasteiger partial charge in [0, 0.05) is 19.4 Å². The van der Waals surface area contributed by atoms with Gasteiger partial charge in [-0.15, -0.1) is 0 Å². The number of amides is 3. The number of carbonyl (C=O) groups is 3. The molecule has 8 nitrogen and oxygen atoms in total. The van der Waals surface area contributed by atoms with E-state index in [2.05, 4.69) is 10.5 Å². The lowest BCUT2D eigenvalue weighted by molar-refractivity contribution is -0.121. The molecule has 0 fully saturated rings. The van der Waals surface area contributed by atoms with E-state index in [9.17, 15) is 22.8 Å². The van der Waals surface area contributed by atoms with Gasteiger partial charge < -0.3 is 0 Å². The predicted molar refractivity (Wildman–Crippen MR) is 109 cm³/mol. The van der Waals surface area contributed by atoms with Crippen LogP contribution >= 0.6 is 0 Å². The van der Waals surface area contributed by atoms with E-state index in [1.807, 2.05) is 0 Å². The fourth-order valence-electron chi connectivity index (χ4n) is 3.51. The van der Waals surface area contributed by atoms with Crippen LogP contribution in [0, 0.1) is 0 Å². The Kier molecular flexibility index (Phi) is 5.21. The van der Waals surface area contributed by atoms with Crippen molar-refractivity contribution in [3.8, 4) is 0 Å². The number of nitrogens with one attached hydrogen (secondary N) is 1. The van der Waals surface area contributed by atoms with Crippen LogP contribution in [-0.2, 0) is 14.6 Å². The summed E-state index contributed by atoms with van der Waals surface area (Å²) in [5.74, 6) is -1.11.